The maximum absolute atomic E-state index is 5.34. The third-order valence-corrected chi connectivity index (χ3v) is 3.47. The van der Waals surface area contributed by atoms with Gasteiger partial charge in [0.25, 0.3) is 0 Å². The fourth-order valence-electron chi connectivity index (χ4n) is 1.99. The summed E-state index contributed by atoms with van der Waals surface area (Å²) in [5, 5.41) is 3.36. The number of nitrogens with zero attached hydrogens (tertiary/aromatic N) is 3. The van der Waals surface area contributed by atoms with E-state index in [0.717, 1.165) is 43.1 Å². The van der Waals surface area contributed by atoms with Crippen LogP contribution in [0.5, 0.6) is 0 Å². The van der Waals surface area contributed by atoms with Crippen LogP contribution in [-0.2, 0) is 4.74 Å². The van der Waals surface area contributed by atoms with Gasteiger partial charge in [-0.15, -0.1) is 0 Å². The molecule has 1 fully saturated rings. The number of nitrogen functional groups attached to an aromatic ring is 1. The molecule has 0 aromatic carbocycles. The molecular weight excluding hydrogens is 312 g/mol. The first-order valence-corrected chi connectivity index (χ1v) is 7.04. The SMILES string of the molecule is CC(CN1CCOCC1)Nc1nc(NN)ncc1Br. The van der Waals surface area contributed by atoms with Crippen molar-refractivity contribution in [3.8, 4) is 0 Å². The Bertz CT molecular complexity index is 412. The average Bonchev–Trinajstić information content (AvgIpc) is 2.42. The Kier molecular flexibility index (Phi) is 5.32. The monoisotopic (exact) mass is 330 g/mol. The first-order valence-electron chi connectivity index (χ1n) is 6.25. The number of halogens is 1. The Morgan fingerprint density at radius 1 is 1.53 bits per heavy atom. The van der Waals surface area contributed by atoms with Crippen molar-refractivity contribution in [1.29, 1.82) is 0 Å². The van der Waals surface area contributed by atoms with Crippen LogP contribution in [0.15, 0.2) is 10.7 Å². The van der Waals surface area contributed by atoms with Crippen LogP contribution in [0.4, 0.5) is 11.8 Å². The van der Waals surface area contributed by atoms with Gasteiger partial charge < -0.3 is 10.1 Å². The lowest BCUT2D eigenvalue weighted by Crippen LogP contribution is -2.42. The highest BCUT2D eigenvalue weighted by Gasteiger charge is 2.15. The molecule has 1 unspecified atom stereocenters. The van der Waals surface area contributed by atoms with Crippen molar-refractivity contribution in [2.75, 3.05) is 43.6 Å². The van der Waals surface area contributed by atoms with Gasteiger partial charge in [-0.3, -0.25) is 10.3 Å². The van der Waals surface area contributed by atoms with Crippen LogP contribution < -0.4 is 16.6 Å². The summed E-state index contributed by atoms with van der Waals surface area (Å²) >= 11 is 3.42. The molecule has 106 valence electrons. The van der Waals surface area contributed by atoms with Gasteiger partial charge in [0.15, 0.2) is 0 Å². The molecule has 0 saturated carbocycles. The third-order valence-electron chi connectivity index (χ3n) is 2.89. The Morgan fingerprint density at radius 2 is 2.26 bits per heavy atom. The van der Waals surface area contributed by atoms with Gasteiger partial charge >= 0.3 is 0 Å². The second-order valence-electron chi connectivity index (χ2n) is 4.49. The van der Waals surface area contributed by atoms with Gasteiger partial charge in [-0.2, -0.15) is 4.98 Å². The van der Waals surface area contributed by atoms with E-state index in [1.54, 1.807) is 6.20 Å². The Balaban J connectivity index is 1.92. The predicted molar refractivity (Wildman–Crippen MR) is 77.9 cm³/mol. The van der Waals surface area contributed by atoms with Crippen LogP contribution in [0, 0.1) is 0 Å². The van der Waals surface area contributed by atoms with E-state index in [9.17, 15) is 0 Å². The number of nitrogens with two attached hydrogens (primary N) is 1. The number of ether oxygens (including phenoxy) is 1. The van der Waals surface area contributed by atoms with E-state index in [4.69, 9.17) is 10.6 Å². The van der Waals surface area contributed by atoms with Crippen molar-refractivity contribution in [1.82, 2.24) is 14.9 Å². The first kappa shape index (κ1) is 14.4. The van der Waals surface area contributed by atoms with Crippen molar-refractivity contribution >= 4 is 27.7 Å². The fraction of sp³-hybridized carbons (Fsp3) is 0.636. The molecule has 8 heteroatoms. The highest BCUT2D eigenvalue weighted by Crippen LogP contribution is 2.20. The third kappa shape index (κ3) is 4.27. The number of aromatic nitrogens is 2. The molecule has 7 nitrogen and oxygen atoms in total. The van der Waals surface area contributed by atoms with Crippen LogP contribution >= 0.6 is 15.9 Å². The smallest absolute Gasteiger partial charge is 0.239 e. The van der Waals surface area contributed by atoms with Crippen molar-refractivity contribution in [3.05, 3.63) is 10.7 Å². The lowest BCUT2D eigenvalue weighted by Gasteiger charge is -2.29. The molecule has 0 bridgehead atoms. The molecule has 19 heavy (non-hydrogen) atoms. The Hall–Kier alpha value is -0.960. The number of morpholine rings is 1. The van der Waals surface area contributed by atoms with Gasteiger partial charge in [-0.05, 0) is 22.9 Å². The van der Waals surface area contributed by atoms with Gasteiger partial charge in [0.1, 0.15) is 5.82 Å². The predicted octanol–water partition coefficient (Wildman–Crippen LogP) is 0.657. The summed E-state index contributed by atoms with van der Waals surface area (Å²) in [6.45, 7) is 6.65. The Labute approximate surface area is 121 Å². The molecule has 2 heterocycles. The van der Waals surface area contributed by atoms with Crippen molar-refractivity contribution < 1.29 is 4.74 Å². The second-order valence-corrected chi connectivity index (χ2v) is 5.35. The van der Waals surface area contributed by atoms with E-state index < -0.39 is 0 Å². The molecule has 1 aliphatic rings. The lowest BCUT2D eigenvalue weighted by atomic mass is 10.3. The van der Waals surface area contributed by atoms with Gasteiger partial charge in [0, 0.05) is 31.9 Å². The lowest BCUT2D eigenvalue weighted by molar-refractivity contribution is 0.0368. The zero-order valence-corrected chi connectivity index (χ0v) is 12.5. The number of rotatable bonds is 5. The molecule has 1 saturated heterocycles. The van der Waals surface area contributed by atoms with Gasteiger partial charge in [-0.25, -0.2) is 10.8 Å². The minimum absolute atomic E-state index is 0.273. The van der Waals surface area contributed by atoms with E-state index in [1.165, 1.54) is 0 Å². The molecule has 1 atom stereocenters. The highest BCUT2D eigenvalue weighted by atomic mass is 79.9. The average molecular weight is 331 g/mol. The van der Waals surface area contributed by atoms with Gasteiger partial charge in [-0.1, -0.05) is 0 Å². The molecule has 1 aromatic heterocycles. The van der Waals surface area contributed by atoms with Gasteiger partial charge in [0.2, 0.25) is 5.95 Å². The number of hydrogen-bond donors (Lipinski definition) is 3. The summed E-state index contributed by atoms with van der Waals surface area (Å²) in [7, 11) is 0. The zero-order chi connectivity index (χ0) is 13.7. The Morgan fingerprint density at radius 3 is 2.95 bits per heavy atom. The number of anilines is 2. The summed E-state index contributed by atoms with van der Waals surface area (Å²) in [5.41, 5.74) is 2.44. The molecule has 1 aromatic rings. The molecular formula is C11H19BrN6O. The molecule has 1 aliphatic heterocycles. The van der Waals surface area contributed by atoms with E-state index in [0.29, 0.717) is 5.95 Å². The molecule has 0 amide bonds. The normalized spacial score (nSPS) is 18.1. The molecule has 2 rings (SSSR count). The first-order chi connectivity index (χ1) is 9.19. The van der Waals surface area contributed by atoms with Crippen LogP contribution in [0.3, 0.4) is 0 Å². The molecule has 0 aliphatic carbocycles. The fourth-order valence-corrected chi connectivity index (χ4v) is 2.29. The maximum Gasteiger partial charge on any atom is 0.239 e. The highest BCUT2D eigenvalue weighted by molar-refractivity contribution is 9.10. The second kappa shape index (κ2) is 6.99. The van der Waals surface area contributed by atoms with E-state index in [1.807, 2.05) is 0 Å². The zero-order valence-electron chi connectivity index (χ0n) is 10.9. The minimum atomic E-state index is 0.273. The van der Waals surface area contributed by atoms with E-state index >= 15 is 0 Å². The largest absolute Gasteiger partial charge is 0.379 e. The van der Waals surface area contributed by atoms with Crippen molar-refractivity contribution in [2.45, 2.75) is 13.0 Å². The van der Waals surface area contributed by atoms with E-state index in [-0.39, 0.29) is 6.04 Å². The summed E-state index contributed by atoms with van der Waals surface area (Å²) in [6, 6.07) is 0.273. The van der Waals surface area contributed by atoms with Crippen LogP contribution in [0.1, 0.15) is 6.92 Å². The number of hydrazine groups is 1. The maximum atomic E-state index is 5.34. The molecule has 0 spiro atoms. The standard InChI is InChI=1S/C11H19BrN6O/c1-8(7-18-2-4-19-5-3-18)15-10-9(12)6-14-11(16-10)17-13/h6,8H,2-5,7,13H2,1H3,(H2,14,15,16,17). The summed E-state index contributed by atoms with van der Waals surface area (Å²) < 4.78 is 6.16. The van der Waals surface area contributed by atoms with Crippen LogP contribution in [0.2, 0.25) is 0 Å². The number of nitrogens with one attached hydrogen (secondary N) is 2. The summed E-state index contributed by atoms with van der Waals surface area (Å²) in [6.07, 6.45) is 1.67. The summed E-state index contributed by atoms with van der Waals surface area (Å²) in [5.74, 6) is 6.44. The van der Waals surface area contributed by atoms with Crippen LogP contribution in [-0.4, -0.2) is 53.8 Å². The molecule has 4 N–H and O–H groups in total. The van der Waals surface area contributed by atoms with Crippen molar-refractivity contribution in [2.24, 2.45) is 5.84 Å². The quantitative estimate of drug-likeness (QED) is 0.539. The molecule has 0 radical (unpaired) electrons. The van der Waals surface area contributed by atoms with E-state index in [2.05, 4.69) is 48.5 Å². The number of hydrogen-bond acceptors (Lipinski definition) is 7. The van der Waals surface area contributed by atoms with Crippen LogP contribution in [0.25, 0.3) is 0 Å². The summed E-state index contributed by atoms with van der Waals surface area (Å²) in [4.78, 5) is 10.7. The van der Waals surface area contributed by atoms with Gasteiger partial charge in [0.05, 0.1) is 17.7 Å². The minimum Gasteiger partial charge on any atom is -0.379 e. The topological polar surface area (TPSA) is 88.3 Å². The van der Waals surface area contributed by atoms with Crippen molar-refractivity contribution in [3.63, 3.8) is 0 Å².